The third-order valence-corrected chi connectivity index (χ3v) is 4.91. The van der Waals surface area contributed by atoms with Gasteiger partial charge in [0.15, 0.2) is 0 Å². The van der Waals surface area contributed by atoms with Gasteiger partial charge in [0, 0.05) is 6.54 Å². The van der Waals surface area contributed by atoms with Crippen molar-refractivity contribution in [1.82, 2.24) is 4.31 Å². The van der Waals surface area contributed by atoms with Crippen molar-refractivity contribution in [2.24, 2.45) is 0 Å². The average Bonchev–Trinajstić information content (AvgIpc) is 3.19. The Bertz CT molecular complexity index is 582. The molecule has 0 aromatic heterocycles. The minimum atomic E-state index is -3.59. The summed E-state index contributed by atoms with van der Waals surface area (Å²) in [7, 11) is -3.59. The number of hydrogen-bond acceptors (Lipinski definition) is 3. The van der Waals surface area contributed by atoms with Crippen molar-refractivity contribution < 1.29 is 13.2 Å². The van der Waals surface area contributed by atoms with Gasteiger partial charge in [-0.05, 0) is 31.9 Å². The summed E-state index contributed by atoms with van der Waals surface area (Å²) in [6.07, 6.45) is 4.60. The molecule has 19 heavy (non-hydrogen) atoms. The van der Waals surface area contributed by atoms with Crippen molar-refractivity contribution in [2.75, 3.05) is 13.1 Å². The lowest BCUT2D eigenvalue weighted by Gasteiger charge is -2.18. The molecule has 0 saturated heterocycles. The Balaban J connectivity index is 2.24. The van der Waals surface area contributed by atoms with E-state index in [2.05, 4.69) is 0 Å². The van der Waals surface area contributed by atoms with Gasteiger partial charge in [-0.2, -0.15) is 4.31 Å². The molecule has 0 heterocycles. The number of nitrogens with zero attached hydrogens (tertiary/aromatic N) is 1. The summed E-state index contributed by atoms with van der Waals surface area (Å²) in [4.78, 5) is 10.9. The third kappa shape index (κ3) is 3.52. The molecule has 1 saturated carbocycles. The van der Waals surface area contributed by atoms with Crippen LogP contribution < -0.4 is 0 Å². The number of carbonyl (C=O) groups is 1. The van der Waals surface area contributed by atoms with Crippen molar-refractivity contribution >= 4 is 16.3 Å². The second-order valence-corrected chi connectivity index (χ2v) is 6.60. The Hall–Kier alpha value is -1.46. The van der Waals surface area contributed by atoms with Crippen LogP contribution in [0, 0.1) is 6.92 Å². The standard InChI is InChI=1S/C14H17NO3S/c1-12-2-6-14(7-3-12)19(17,18)15(10-11-16)9-8-13-4-5-13/h2-3,6-8,11H,4-5,9-10H2,1H3. The van der Waals surface area contributed by atoms with E-state index in [0.717, 1.165) is 18.4 Å². The quantitative estimate of drug-likeness (QED) is 0.590. The maximum Gasteiger partial charge on any atom is 0.243 e. The number of aryl methyl sites for hydroxylation is 1. The number of allylic oxidation sites excluding steroid dienone is 1. The summed E-state index contributed by atoms with van der Waals surface area (Å²) < 4.78 is 26.0. The molecule has 1 aliphatic carbocycles. The van der Waals surface area contributed by atoms with Gasteiger partial charge in [-0.25, -0.2) is 8.42 Å². The predicted octanol–water partition coefficient (Wildman–Crippen LogP) is 1.90. The maximum absolute atomic E-state index is 12.4. The lowest BCUT2D eigenvalue weighted by Crippen LogP contribution is -2.33. The molecule has 0 spiro atoms. The highest BCUT2D eigenvalue weighted by molar-refractivity contribution is 7.89. The summed E-state index contributed by atoms with van der Waals surface area (Å²) in [6.45, 7) is 2.06. The minimum Gasteiger partial charge on any atom is -0.302 e. The van der Waals surface area contributed by atoms with Crippen LogP contribution in [0.15, 0.2) is 40.8 Å². The van der Waals surface area contributed by atoms with E-state index in [-0.39, 0.29) is 18.0 Å². The maximum atomic E-state index is 12.4. The zero-order valence-corrected chi connectivity index (χ0v) is 11.7. The molecule has 2 rings (SSSR count). The Morgan fingerprint density at radius 3 is 2.32 bits per heavy atom. The Labute approximate surface area is 113 Å². The topological polar surface area (TPSA) is 54.5 Å². The predicted molar refractivity (Wildman–Crippen MR) is 73.3 cm³/mol. The van der Waals surface area contributed by atoms with Gasteiger partial charge in [-0.1, -0.05) is 29.3 Å². The number of benzene rings is 1. The molecule has 1 aromatic carbocycles. The molecule has 0 radical (unpaired) electrons. The van der Waals surface area contributed by atoms with Gasteiger partial charge < -0.3 is 4.79 Å². The molecule has 102 valence electrons. The fourth-order valence-corrected chi connectivity index (χ4v) is 3.03. The Kier molecular flexibility index (Phi) is 4.17. The van der Waals surface area contributed by atoms with E-state index in [4.69, 9.17) is 0 Å². The fraction of sp³-hybridized carbons (Fsp3) is 0.357. The van der Waals surface area contributed by atoms with Crippen molar-refractivity contribution in [2.45, 2.75) is 24.7 Å². The molecule has 1 aromatic rings. The van der Waals surface area contributed by atoms with Crippen molar-refractivity contribution in [3.63, 3.8) is 0 Å². The first-order valence-electron chi connectivity index (χ1n) is 6.22. The fourth-order valence-electron chi connectivity index (χ4n) is 1.72. The highest BCUT2D eigenvalue weighted by Gasteiger charge is 2.23. The molecular formula is C14H17NO3S. The molecule has 0 bridgehead atoms. The van der Waals surface area contributed by atoms with E-state index < -0.39 is 10.0 Å². The summed E-state index contributed by atoms with van der Waals surface area (Å²) in [6, 6.07) is 6.66. The van der Waals surface area contributed by atoms with Gasteiger partial charge in [0.1, 0.15) is 6.29 Å². The molecule has 1 fully saturated rings. The first-order valence-corrected chi connectivity index (χ1v) is 7.66. The summed E-state index contributed by atoms with van der Waals surface area (Å²) in [5.74, 6) is 0. The zero-order valence-electron chi connectivity index (χ0n) is 10.9. The number of aldehydes is 1. The largest absolute Gasteiger partial charge is 0.302 e. The molecular weight excluding hydrogens is 262 g/mol. The van der Waals surface area contributed by atoms with E-state index in [1.807, 2.05) is 13.0 Å². The lowest BCUT2D eigenvalue weighted by atomic mass is 10.2. The van der Waals surface area contributed by atoms with Crippen LogP contribution in [0.3, 0.4) is 0 Å². The van der Waals surface area contributed by atoms with Crippen LogP contribution in [0.4, 0.5) is 0 Å². The van der Waals surface area contributed by atoms with Gasteiger partial charge in [-0.3, -0.25) is 0 Å². The van der Waals surface area contributed by atoms with Crippen LogP contribution in [0.5, 0.6) is 0 Å². The number of rotatable bonds is 6. The molecule has 5 heteroatoms. The van der Waals surface area contributed by atoms with E-state index in [0.29, 0.717) is 6.29 Å². The first kappa shape index (κ1) is 14.0. The second kappa shape index (κ2) is 5.67. The minimum absolute atomic E-state index is 0.111. The summed E-state index contributed by atoms with van der Waals surface area (Å²) in [5, 5.41) is 0. The van der Waals surface area contributed by atoms with Crippen LogP contribution in [-0.4, -0.2) is 32.1 Å². The Morgan fingerprint density at radius 1 is 1.16 bits per heavy atom. The average molecular weight is 279 g/mol. The lowest BCUT2D eigenvalue weighted by molar-refractivity contribution is -0.108. The molecule has 0 atom stereocenters. The van der Waals surface area contributed by atoms with Crippen molar-refractivity contribution in [3.8, 4) is 0 Å². The normalized spacial score (nSPS) is 14.5. The monoisotopic (exact) mass is 279 g/mol. The highest BCUT2D eigenvalue weighted by Crippen LogP contribution is 2.27. The van der Waals surface area contributed by atoms with Crippen LogP contribution in [0.25, 0.3) is 0 Å². The van der Waals surface area contributed by atoms with Crippen LogP contribution >= 0.6 is 0 Å². The van der Waals surface area contributed by atoms with E-state index in [1.54, 1.807) is 24.3 Å². The van der Waals surface area contributed by atoms with E-state index in [9.17, 15) is 13.2 Å². The molecule has 0 N–H and O–H groups in total. The van der Waals surface area contributed by atoms with Gasteiger partial charge in [0.05, 0.1) is 11.4 Å². The van der Waals surface area contributed by atoms with Gasteiger partial charge in [0.25, 0.3) is 0 Å². The van der Waals surface area contributed by atoms with E-state index in [1.165, 1.54) is 9.88 Å². The van der Waals surface area contributed by atoms with Crippen LogP contribution in [-0.2, 0) is 14.8 Å². The van der Waals surface area contributed by atoms with Gasteiger partial charge >= 0.3 is 0 Å². The van der Waals surface area contributed by atoms with Crippen LogP contribution in [0.2, 0.25) is 0 Å². The summed E-state index contributed by atoms with van der Waals surface area (Å²) in [5.41, 5.74) is 2.26. The molecule has 0 unspecified atom stereocenters. The highest BCUT2D eigenvalue weighted by atomic mass is 32.2. The number of sulfonamides is 1. The molecule has 1 aliphatic rings. The number of carbonyl (C=O) groups excluding carboxylic acids is 1. The third-order valence-electron chi connectivity index (χ3n) is 3.06. The molecule has 0 amide bonds. The summed E-state index contributed by atoms with van der Waals surface area (Å²) >= 11 is 0. The number of hydrogen-bond donors (Lipinski definition) is 0. The van der Waals surface area contributed by atoms with Crippen LogP contribution in [0.1, 0.15) is 18.4 Å². The SMILES string of the molecule is Cc1ccc(S(=O)(=O)N(CC=O)CC=C2CC2)cc1. The zero-order chi connectivity index (χ0) is 13.9. The van der Waals surface area contributed by atoms with Gasteiger partial charge in [-0.15, -0.1) is 0 Å². The van der Waals surface area contributed by atoms with E-state index >= 15 is 0 Å². The Morgan fingerprint density at radius 2 is 1.79 bits per heavy atom. The second-order valence-electron chi connectivity index (χ2n) is 4.66. The first-order chi connectivity index (χ1) is 9.04. The van der Waals surface area contributed by atoms with Gasteiger partial charge in [0.2, 0.25) is 10.0 Å². The molecule has 4 nitrogen and oxygen atoms in total. The van der Waals surface area contributed by atoms with Crippen molar-refractivity contribution in [1.29, 1.82) is 0 Å². The smallest absolute Gasteiger partial charge is 0.243 e. The van der Waals surface area contributed by atoms with Crippen molar-refractivity contribution in [3.05, 3.63) is 41.5 Å². The molecule has 0 aliphatic heterocycles.